The number of aromatic nitrogens is 2. The average Bonchev–Trinajstić information content (AvgIpc) is 2.62. The predicted octanol–water partition coefficient (Wildman–Crippen LogP) is 4.06. The Balaban J connectivity index is 1.97. The van der Waals surface area contributed by atoms with Crippen LogP contribution in [0.25, 0.3) is 11.1 Å². The second kappa shape index (κ2) is 7.07. The van der Waals surface area contributed by atoms with Gasteiger partial charge in [-0.2, -0.15) is 5.26 Å². The van der Waals surface area contributed by atoms with Crippen LogP contribution in [0.3, 0.4) is 0 Å². The van der Waals surface area contributed by atoms with Crippen molar-refractivity contribution in [3.63, 3.8) is 0 Å². The van der Waals surface area contributed by atoms with Gasteiger partial charge in [-0.1, -0.05) is 17.7 Å². The number of anilines is 1. The SMILES string of the molecule is N#Cc1ccc(-c2ccncc2NC(=O)c2ccnc(Cl)c2)c(F)c1. The van der Waals surface area contributed by atoms with Gasteiger partial charge in [0.2, 0.25) is 0 Å². The summed E-state index contributed by atoms with van der Waals surface area (Å²) in [5.41, 5.74) is 1.57. The van der Waals surface area contributed by atoms with Crippen LogP contribution in [0.15, 0.2) is 55.0 Å². The highest BCUT2D eigenvalue weighted by molar-refractivity contribution is 6.29. The van der Waals surface area contributed by atoms with Gasteiger partial charge in [0.1, 0.15) is 11.0 Å². The normalized spacial score (nSPS) is 10.1. The van der Waals surface area contributed by atoms with Crippen molar-refractivity contribution in [3.05, 3.63) is 77.1 Å². The fourth-order valence-corrected chi connectivity index (χ4v) is 2.44. The molecule has 0 spiro atoms. The number of carbonyl (C=O) groups is 1. The first-order chi connectivity index (χ1) is 12.1. The highest BCUT2D eigenvalue weighted by Crippen LogP contribution is 2.30. The zero-order chi connectivity index (χ0) is 17.8. The van der Waals surface area contributed by atoms with Gasteiger partial charge in [-0.3, -0.25) is 9.78 Å². The van der Waals surface area contributed by atoms with E-state index in [1.54, 1.807) is 6.07 Å². The topological polar surface area (TPSA) is 78.7 Å². The summed E-state index contributed by atoms with van der Waals surface area (Å²) in [5, 5.41) is 11.7. The van der Waals surface area contributed by atoms with Gasteiger partial charge < -0.3 is 5.32 Å². The standard InChI is InChI=1S/C18H10ClFN4O/c19-17-8-12(3-6-23-17)18(25)24-16-10-22-5-4-14(16)13-2-1-11(9-21)7-15(13)20/h1-8,10H,(H,24,25). The molecule has 1 amide bonds. The largest absolute Gasteiger partial charge is 0.320 e. The van der Waals surface area contributed by atoms with Gasteiger partial charge in [-0.05, 0) is 30.3 Å². The summed E-state index contributed by atoms with van der Waals surface area (Å²) in [4.78, 5) is 20.2. The molecule has 5 nitrogen and oxygen atoms in total. The molecule has 3 aromatic rings. The second-order valence-corrected chi connectivity index (χ2v) is 5.44. The van der Waals surface area contributed by atoms with E-state index < -0.39 is 11.7 Å². The van der Waals surface area contributed by atoms with Crippen molar-refractivity contribution in [2.45, 2.75) is 0 Å². The summed E-state index contributed by atoms with van der Waals surface area (Å²) in [6, 6.07) is 10.5. The molecule has 2 aromatic heterocycles. The van der Waals surface area contributed by atoms with E-state index in [1.807, 2.05) is 6.07 Å². The Morgan fingerprint density at radius 1 is 1.16 bits per heavy atom. The Labute approximate surface area is 147 Å². The molecule has 0 bridgehead atoms. The minimum absolute atomic E-state index is 0.192. The molecule has 0 atom stereocenters. The summed E-state index contributed by atoms with van der Waals surface area (Å²) in [6.07, 6.45) is 4.33. The van der Waals surface area contributed by atoms with Crippen LogP contribution in [-0.4, -0.2) is 15.9 Å². The van der Waals surface area contributed by atoms with Gasteiger partial charge in [0, 0.05) is 29.1 Å². The van der Waals surface area contributed by atoms with Crippen molar-refractivity contribution in [1.29, 1.82) is 5.26 Å². The number of amides is 1. The van der Waals surface area contributed by atoms with Crippen LogP contribution >= 0.6 is 11.6 Å². The number of halogens is 2. The highest BCUT2D eigenvalue weighted by Gasteiger charge is 2.14. The molecule has 0 unspecified atom stereocenters. The fourth-order valence-electron chi connectivity index (χ4n) is 2.27. The Hall–Kier alpha value is -3.30. The summed E-state index contributed by atoms with van der Waals surface area (Å²) < 4.78 is 14.3. The van der Waals surface area contributed by atoms with Gasteiger partial charge in [0.15, 0.2) is 0 Å². The van der Waals surface area contributed by atoms with Crippen molar-refractivity contribution >= 4 is 23.2 Å². The van der Waals surface area contributed by atoms with E-state index >= 15 is 0 Å². The molecule has 7 heteroatoms. The maximum absolute atomic E-state index is 14.3. The van der Waals surface area contributed by atoms with Crippen molar-refractivity contribution in [3.8, 4) is 17.2 Å². The molecule has 0 radical (unpaired) electrons. The lowest BCUT2D eigenvalue weighted by molar-refractivity contribution is 0.102. The lowest BCUT2D eigenvalue weighted by Crippen LogP contribution is -2.13. The number of nitriles is 1. The highest BCUT2D eigenvalue weighted by atomic mass is 35.5. The number of benzene rings is 1. The third-order valence-corrected chi connectivity index (χ3v) is 3.65. The van der Waals surface area contributed by atoms with E-state index in [1.165, 1.54) is 42.9 Å². The average molecular weight is 353 g/mol. The predicted molar refractivity (Wildman–Crippen MR) is 91.5 cm³/mol. The Kier molecular flexibility index (Phi) is 4.68. The summed E-state index contributed by atoms with van der Waals surface area (Å²) in [5.74, 6) is -0.986. The van der Waals surface area contributed by atoms with E-state index in [4.69, 9.17) is 16.9 Å². The van der Waals surface area contributed by atoms with Crippen LogP contribution in [0, 0.1) is 17.1 Å². The molecule has 1 N–H and O–H groups in total. The molecule has 3 rings (SSSR count). The number of rotatable bonds is 3. The number of nitrogens with one attached hydrogen (secondary N) is 1. The molecule has 2 heterocycles. The van der Waals surface area contributed by atoms with Crippen LogP contribution in [0.4, 0.5) is 10.1 Å². The van der Waals surface area contributed by atoms with Crippen LogP contribution in [-0.2, 0) is 0 Å². The minimum atomic E-state index is -0.562. The zero-order valence-corrected chi connectivity index (χ0v) is 13.5. The van der Waals surface area contributed by atoms with Crippen molar-refractivity contribution < 1.29 is 9.18 Å². The van der Waals surface area contributed by atoms with Crippen molar-refractivity contribution in [2.24, 2.45) is 0 Å². The van der Waals surface area contributed by atoms with Crippen LogP contribution in [0.5, 0.6) is 0 Å². The van der Waals surface area contributed by atoms with Crippen LogP contribution in [0.1, 0.15) is 15.9 Å². The first-order valence-corrected chi connectivity index (χ1v) is 7.53. The van der Waals surface area contributed by atoms with Crippen molar-refractivity contribution in [2.75, 3.05) is 5.32 Å². The third-order valence-electron chi connectivity index (χ3n) is 3.45. The first-order valence-electron chi connectivity index (χ1n) is 7.15. The van der Waals surface area contributed by atoms with Gasteiger partial charge in [0.05, 0.1) is 23.5 Å². The Morgan fingerprint density at radius 2 is 2.00 bits per heavy atom. The first kappa shape index (κ1) is 16.6. The fraction of sp³-hybridized carbons (Fsp3) is 0. The molecular formula is C18H10ClFN4O. The molecule has 25 heavy (non-hydrogen) atoms. The molecule has 0 saturated carbocycles. The lowest BCUT2D eigenvalue weighted by Gasteiger charge is -2.11. The maximum atomic E-state index is 14.3. The minimum Gasteiger partial charge on any atom is -0.320 e. The van der Waals surface area contributed by atoms with Crippen LogP contribution in [0.2, 0.25) is 5.15 Å². The van der Waals surface area contributed by atoms with Gasteiger partial charge >= 0.3 is 0 Å². The third kappa shape index (κ3) is 3.62. The lowest BCUT2D eigenvalue weighted by atomic mass is 10.0. The van der Waals surface area contributed by atoms with E-state index in [-0.39, 0.29) is 16.3 Å². The Bertz CT molecular complexity index is 1000. The van der Waals surface area contributed by atoms with Gasteiger partial charge in [-0.15, -0.1) is 0 Å². The maximum Gasteiger partial charge on any atom is 0.255 e. The quantitative estimate of drug-likeness (QED) is 0.721. The van der Waals surface area contributed by atoms with Crippen LogP contribution < -0.4 is 5.32 Å². The van der Waals surface area contributed by atoms with Gasteiger partial charge in [0.25, 0.3) is 5.91 Å². The van der Waals surface area contributed by atoms with E-state index in [0.717, 1.165) is 6.07 Å². The molecule has 0 saturated heterocycles. The molecule has 0 aliphatic heterocycles. The summed E-state index contributed by atoms with van der Waals surface area (Å²) in [6.45, 7) is 0. The molecule has 0 aliphatic rings. The summed E-state index contributed by atoms with van der Waals surface area (Å²) >= 11 is 5.79. The van der Waals surface area contributed by atoms with Crippen molar-refractivity contribution in [1.82, 2.24) is 9.97 Å². The molecule has 122 valence electrons. The molecule has 0 fully saturated rings. The Morgan fingerprint density at radius 3 is 2.72 bits per heavy atom. The molecular weight excluding hydrogens is 343 g/mol. The molecule has 1 aromatic carbocycles. The number of hydrogen-bond donors (Lipinski definition) is 1. The van der Waals surface area contributed by atoms with E-state index in [0.29, 0.717) is 16.8 Å². The number of carbonyl (C=O) groups excluding carboxylic acids is 1. The second-order valence-electron chi connectivity index (χ2n) is 5.05. The zero-order valence-electron chi connectivity index (χ0n) is 12.7. The smallest absolute Gasteiger partial charge is 0.255 e. The van der Waals surface area contributed by atoms with Gasteiger partial charge in [-0.25, -0.2) is 9.37 Å². The number of nitrogens with zero attached hydrogens (tertiary/aromatic N) is 3. The molecule has 0 aliphatic carbocycles. The summed E-state index contributed by atoms with van der Waals surface area (Å²) in [7, 11) is 0. The number of pyridine rings is 2. The number of hydrogen-bond acceptors (Lipinski definition) is 4. The monoisotopic (exact) mass is 352 g/mol. The van der Waals surface area contributed by atoms with E-state index in [9.17, 15) is 9.18 Å². The van der Waals surface area contributed by atoms with E-state index in [2.05, 4.69) is 15.3 Å².